The Morgan fingerprint density at radius 2 is 1.88 bits per heavy atom. The van der Waals surface area contributed by atoms with Crippen LogP contribution in [0.3, 0.4) is 0 Å². The van der Waals surface area contributed by atoms with E-state index in [9.17, 15) is 5.11 Å². The van der Waals surface area contributed by atoms with Crippen LogP contribution in [-0.4, -0.2) is 48.8 Å². The van der Waals surface area contributed by atoms with Crippen LogP contribution in [0.1, 0.15) is 46.0 Å². The fraction of sp³-hybridized carbons (Fsp3) is 1.00. The number of rotatable bonds is 6. The maximum absolute atomic E-state index is 10.2. The van der Waals surface area contributed by atoms with Gasteiger partial charge in [0, 0.05) is 19.1 Å². The Kier molecular flexibility index (Phi) is 5.90. The summed E-state index contributed by atoms with van der Waals surface area (Å²) in [5.74, 6) is 0.805. The van der Waals surface area contributed by atoms with Gasteiger partial charge in [0.1, 0.15) is 0 Å². The lowest BCUT2D eigenvalue weighted by Crippen LogP contribution is -2.49. The summed E-state index contributed by atoms with van der Waals surface area (Å²) in [5, 5.41) is 13.7. The molecule has 2 unspecified atom stereocenters. The molecule has 3 nitrogen and oxygen atoms in total. The van der Waals surface area contributed by atoms with Gasteiger partial charge in [0.05, 0.1) is 5.60 Å². The lowest BCUT2D eigenvalue weighted by Gasteiger charge is -2.33. The monoisotopic (exact) mass is 242 g/mol. The van der Waals surface area contributed by atoms with Crippen LogP contribution < -0.4 is 5.32 Å². The van der Waals surface area contributed by atoms with Crippen LogP contribution >= 0.6 is 0 Å². The van der Waals surface area contributed by atoms with Crippen molar-refractivity contribution in [1.29, 1.82) is 0 Å². The SMILES string of the molecule is CC(NCC(C)(O)CN(C)C)C1CCCCC1. The molecule has 17 heavy (non-hydrogen) atoms. The van der Waals surface area contributed by atoms with Crippen molar-refractivity contribution in [3.63, 3.8) is 0 Å². The van der Waals surface area contributed by atoms with Gasteiger partial charge in [-0.15, -0.1) is 0 Å². The van der Waals surface area contributed by atoms with Crippen LogP contribution in [-0.2, 0) is 0 Å². The van der Waals surface area contributed by atoms with Gasteiger partial charge in [-0.1, -0.05) is 19.3 Å². The van der Waals surface area contributed by atoms with Crippen LogP contribution in [0.5, 0.6) is 0 Å². The van der Waals surface area contributed by atoms with E-state index in [0.717, 1.165) is 5.92 Å². The highest BCUT2D eigenvalue weighted by atomic mass is 16.3. The van der Waals surface area contributed by atoms with Gasteiger partial charge in [-0.2, -0.15) is 0 Å². The van der Waals surface area contributed by atoms with Crippen molar-refractivity contribution in [2.45, 2.75) is 57.6 Å². The lowest BCUT2D eigenvalue weighted by molar-refractivity contribution is 0.0293. The molecule has 1 saturated carbocycles. The number of nitrogens with one attached hydrogen (secondary N) is 1. The van der Waals surface area contributed by atoms with Crippen molar-refractivity contribution >= 4 is 0 Å². The minimum atomic E-state index is -0.633. The van der Waals surface area contributed by atoms with E-state index in [2.05, 4.69) is 12.2 Å². The molecular formula is C14H30N2O. The molecule has 0 aliphatic heterocycles. The van der Waals surface area contributed by atoms with Gasteiger partial charge in [-0.05, 0) is 46.7 Å². The topological polar surface area (TPSA) is 35.5 Å². The summed E-state index contributed by atoms with van der Waals surface area (Å²) >= 11 is 0. The number of nitrogens with zero attached hydrogens (tertiary/aromatic N) is 1. The van der Waals surface area contributed by atoms with Gasteiger partial charge in [-0.25, -0.2) is 0 Å². The minimum Gasteiger partial charge on any atom is -0.388 e. The molecule has 0 aromatic carbocycles. The Bertz CT molecular complexity index is 210. The average molecular weight is 242 g/mol. The molecule has 1 rings (SSSR count). The predicted molar refractivity (Wildman–Crippen MR) is 73.2 cm³/mol. The number of hydrogen-bond donors (Lipinski definition) is 2. The van der Waals surface area contributed by atoms with E-state index >= 15 is 0 Å². The highest BCUT2D eigenvalue weighted by Crippen LogP contribution is 2.26. The number of hydrogen-bond acceptors (Lipinski definition) is 3. The smallest absolute Gasteiger partial charge is 0.0869 e. The third-order valence-corrected chi connectivity index (χ3v) is 3.82. The Hall–Kier alpha value is -0.120. The molecule has 0 radical (unpaired) electrons. The Balaban J connectivity index is 2.28. The summed E-state index contributed by atoms with van der Waals surface area (Å²) in [4.78, 5) is 2.03. The molecule has 0 saturated heterocycles. The maximum atomic E-state index is 10.2. The minimum absolute atomic E-state index is 0.531. The van der Waals surface area contributed by atoms with E-state index in [4.69, 9.17) is 0 Å². The molecule has 0 bridgehead atoms. The number of aliphatic hydroxyl groups is 1. The standard InChI is InChI=1S/C14H30N2O/c1-12(13-8-6-5-7-9-13)15-10-14(2,17)11-16(3)4/h12-13,15,17H,5-11H2,1-4H3. The highest BCUT2D eigenvalue weighted by Gasteiger charge is 2.25. The molecule has 3 heteroatoms. The Labute approximate surface area is 107 Å². The molecule has 102 valence electrons. The first-order chi connectivity index (χ1) is 7.91. The fourth-order valence-electron chi connectivity index (χ4n) is 2.92. The third-order valence-electron chi connectivity index (χ3n) is 3.82. The van der Waals surface area contributed by atoms with Gasteiger partial charge < -0.3 is 15.3 Å². The van der Waals surface area contributed by atoms with Crippen molar-refractivity contribution in [3.05, 3.63) is 0 Å². The first-order valence-corrected chi connectivity index (χ1v) is 7.01. The summed E-state index contributed by atoms with van der Waals surface area (Å²) in [6.45, 7) is 5.57. The van der Waals surface area contributed by atoms with Crippen molar-refractivity contribution in [1.82, 2.24) is 10.2 Å². The number of likely N-dealkylation sites (N-methyl/N-ethyl adjacent to an activating group) is 1. The first-order valence-electron chi connectivity index (χ1n) is 7.01. The first kappa shape index (κ1) is 14.9. The quantitative estimate of drug-likeness (QED) is 0.746. The van der Waals surface area contributed by atoms with Gasteiger partial charge in [0.25, 0.3) is 0 Å². The normalized spacial score (nSPS) is 23.6. The summed E-state index contributed by atoms with van der Waals surface area (Å²) in [7, 11) is 4.00. The molecule has 1 aliphatic carbocycles. The summed E-state index contributed by atoms with van der Waals surface area (Å²) in [6, 6.07) is 0.531. The van der Waals surface area contributed by atoms with Gasteiger partial charge in [0.15, 0.2) is 0 Å². The predicted octanol–water partition coefficient (Wildman–Crippen LogP) is 1.86. The molecule has 0 heterocycles. The zero-order valence-electron chi connectivity index (χ0n) is 12.0. The van der Waals surface area contributed by atoms with Crippen LogP contribution in [0, 0.1) is 5.92 Å². The Morgan fingerprint density at radius 1 is 1.29 bits per heavy atom. The van der Waals surface area contributed by atoms with Crippen LogP contribution in [0.4, 0.5) is 0 Å². The Morgan fingerprint density at radius 3 is 2.41 bits per heavy atom. The molecule has 0 aromatic rings. The molecular weight excluding hydrogens is 212 g/mol. The molecule has 0 aromatic heterocycles. The molecule has 1 aliphatic rings. The molecule has 0 amide bonds. The van der Waals surface area contributed by atoms with Crippen molar-refractivity contribution < 1.29 is 5.11 Å². The molecule has 1 fully saturated rings. The van der Waals surface area contributed by atoms with E-state index in [1.54, 1.807) is 0 Å². The van der Waals surface area contributed by atoms with Crippen molar-refractivity contribution in [2.24, 2.45) is 5.92 Å². The van der Waals surface area contributed by atoms with E-state index in [1.165, 1.54) is 32.1 Å². The van der Waals surface area contributed by atoms with E-state index < -0.39 is 5.60 Å². The maximum Gasteiger partial charge on any atom is 0.0869 e. The summed E-state index contributed by atoms with van der Waals surface area (Å²) in [6.07, 6.45) is 6.87. The van der Waals surface area contributed by atoms with Gasteiger partial charge in [0.2, 0.25) is 0 Å². The molecule has 0 spiro atoms. The third kappa shape index (κ3) is 5.84. The largest absolute Gasteiger partial charge is 0.388 e. The van der Waals surface area contributed by atoms with Crippen molar-refractivity contribution in [3.8, 4) is 0 Å². The van der Waals surface area contributed by atoms with Crippen LogP contribution in [0.2, 0.25) is 0 Å². The van der Waals surface area contributed by atoms with Gasteiger partial charge in [-0.3, -0.25) is 0 Å². The molecule has 2 N–H and O–H groups in total. The van der Waals surface area contributed by atoms with Crippen LogP contribution in [0.25, 0.3) is 0 Å². The van der Waals surface area contributed by atoms with Crippen LogP contribution in [0.15, 0.2) is 0 Å². The summed E-state index contributed by atoms with van der Waals surface area (Å²) in [5.41, 5.74) is -0.633. The second-order valence-electron chi connectivity index (χ2n) is 6.30. The fourth-order valence-corrected chi connectivity index (χ4v) is 2.92. The van der Waals surface area contributed by atoms with Crippen molar-refractivity contribution in [2.75, 3.05) is 27.2 Å². The lowest BCUT2D eigenvalue weighted by atomic mass is 9.84. The van der Waals surface area contributed by atoms with E-state index in [-0.39, 0.29) is 0 Å². The average Bonchev–Trinajstić information content (AvgIpc) is 2.25. The van der Waals surface area contributed by atoms with E-state index in [1.807, 2.05) is 25.9 Å². The van der Waals surface area contributed by atoms with Gasteiger partial charge >= 0.3 is 0 Å². The highest BCUT2D eigenvalue weighted by molar-refractivity contribution is 4.82. The zero-order valence-corrected chi connectivity index (χ0v) is 12.0. The van der Waals surface area contributed by atoms with E-state index in [0.29, 0.717) is 19.1 Å². The zero-order chi connectivity index (χ0) is 12.9. The molecule has 2 atom stereocenters. The second kappa shape index (κ2) is 6.72. The summed E-state index contributed by atoms with van der Waals surface area (Å²) < 4.78 is 0. The second-order valence-corrected chi connectivity index (χ2v) is 6.30.